The fourth-order valence-corrected chi connectivity index (χ4v) is 4.35. The summed E-state index contributed by atoms with van der Waals surface area (Å²) in [5.41, 5.74) is 3.73. The molecule has 0 bridgehead atoms. The molecular formula is C25H25Cl2NO3. The van der Waals surface area contributed by atoms with Gasteiger partial charge in [-0.2, -0.15) is 0 Å². The second-order valence-electron chi connectivity index (χ2n) is 7.61. The highest BCUT2D eigenvalue weighted by Crippen LogP contribution is 2.38. The molecule has 6 heteroatoms. The van der Waals surface area contributed by atoms with Gasteiger partial charge in [-0.1, -0.05) is 65.7 Å². The third-order valence-electron chi connectivity index (χ3n) is 5.42. The maximum Gasteiger partial charge on any atom is 0.138 e. The number of hydrogen-bond donors (Lipinski definition) is 2. The molecule has 1 aliphatic heterocycles. The fraction of sp³-hybridized carbons (Fsp3) is 0.280. The van der Waals surface area contributed by atoms with Crippen LogP contribution in [0.3, 0.4) is 0 Å². The summed E-state index contributed by atoms with van der Waals surface area (Å²) in [6.45, 7) is 1.92. The van der Waals surface area contributed by atoms with Crippen molar-refractivity contribution < 1.29 is 14.6 Å². The average molecular weight is 458 g/mol. The molecule has 0 amide bonds. The summed E-state index contributed by atoms with van der Waals surface area (Å²) in [5, 5.41) is 14.6. The largest absolute Gasteiger partial charge is 0.489 e. The Morgan fingerprint density at radius 1 is 1.03 bits per heavy atom. The highest BCUT2D eigenvalue weighted by atomic mass is 35.5. The van der Waals surface area contributed by atoms with Crippen molar-refractivity contribution in [3.63, 3.8) is 0 Å². The second-order valence-corrected chi connectivity index (χ2v) is 8.45. The van der Waals surface area contributed by atoms with Gasteiger partial charge < -0.3 is 19.9 Å². The molecule has 0 aliphatic carbocycles. The Labute approximate surface area is 192 Å². The van der Waals surface area contributed by atoms with Crippen molar-refractivity contribution >= 4 is 23.2 Å². The first-order valence-electron chi connectivity index (χ1n) is 10.4. The SMILES string of the molecule is OC(CNCCC1c2ccccc2COc2ccccc21)COc1ccc(Cl)cc1Cl. The summed E-state index contributed by atoms with van der Waals surface area (Å²) < 4.78 is 11.7. The fourth-order valence-electron chi connectivity index (χ4n) is 3.89. The van der Waals surface area contributed by atoms with Gasteiger partial charge in [0, 0.05) is 23.0 Å². The molecule has 0 spiro atoms. The summed E-state index contributed by atoms with van der Waals surface area (Å²) in [6.07, 6.45) is 0.248. The van der Waals surface area contributed by atoms with Crippen LogP contribution in [0.1, 0.15) is 29.0 Å². The van der Waals surface area contributed by atoms with E-state index in [1.807, 2.05) is 12.1 Å². The van der Waals surface area contributed by atoms with E-state index in [1.165, 1.54) is 16.7 Å². The molecular weight excluding hydrogens is 433 g/mol. The van der Waals surface area contributed by atoms with Gasteiger partial charge in [-0.15, -0.1) is 0 Å². The third kappa shape index (κ3) is 5.52. The molecule has 4 rings (SSSR count). The standard InChI is InChI=1S/C25H25Cl2NO3/c26-18-9-10-25(23(27)13-18)31-16-19(29)14-28-12-11-21-20-6-2-1-5-17(20)15-30-24-8-4-3-7-22(21)24/h1-10,13,19,21,28-29H,11-12,14-16H2. The van der Waals surface area contributed by atoms with Crippen LogP contribution < -0.4 is 14.8 Å². The number of aliphatic hydroxyl groups excluding tert-OH is 1. The van der Waals surface area contributed by atoms with E-state index >= 15 is 0 Å². The molecule has 0 fully saturated rings. The predicted molar refractivity (Wildman–Crippen MR) is 125 cm³/mol. The monoisotopic (exact) mass is 457 g/mol. The van der Waals surface area contributed by atoms with Crippen molar-refractivity contribution in [2.45, 2.75) is 25.0 Å². The number of ether oxygens (including phenoxy) is 2. The lowest BCUT2D eigenvalue weighted by molar-refractivity contribution is 0.106. The molecule has 0 aromatic heterocycles. The lowest BCUT2D eigenvalue weighted by atomic mass is 9.86. The van der Waals surface area contributed by atoms with Crippen LogP contribution in [-0.2, 0) is 6.61 Å². The van der Waals surface area contributed by atoms with Crippen molar-refractivity contribution in [3.8, 4) is 11.5 Å². The van der Waals surface area contributed by atoms with Crippen molar-refractivity contribution in [3.05, 3.63) is 93.5 Å². The number of hydrogen-bond acceptors (Lipinski definition) is 4. The van der Waals surface area contributed by atoms with E-state index < -0.39 is 6.10 Å². The van der Waals surface area contributed by atoms with Crippen LogP contribution in [0.4, 0.5) is 0 Å². The molecule has 1 heterocycles. The zero-order chi connectivity index (χ0) is 21.6. The molecule has 0 radical (unpaired) electrons. The van der Waals surface area contributed by atoms with Gasteiger partial charge in [0.1, 0.15) is 30.8 Å². The minimum atomic E-state index is -0.649. The van der Waals surface area contributed by atoms with Gasteiger partial charge in [0.05, 0.1) is 5.02 Å². The molecule has 31 heavy (non-hydrogen) atoms. The van der Waals surface area contributed by atoms with Crippen molar-refractivity contribution in [2.24, 2.45) is 0 Å². The van der Waals surface area contributed by atoms with Gasteiger partial charge in [-0.05, 0) is 48.4 Å². The van der Waals surface area contributed by atoms with Crippen molar-refractivity contribution in [1.82, 2.24) is 5.32 Å². The number of halogens is 2. The number of fused-ring (bicyclic) bond motifs is 2. The van der Waals surface area contributed by atoms with Crippen LogP contribution in [-0.4, -0.2) is 30.9 Å². The maximum absolute atomic E-state index is 10.3. The summed E-state index contributed by atoms with van der Waals surface area (Å²) in [5.74, 6) is 1.69. The highest BCUT2D eigenvalue weighted by Gasteiger charge is 2.23. The van der Waals surface area contributed by atoms with E-state index in [2.05, 4.69) is 41.7 Å². The van der Waals surface area contributed by atoms with Gasteiger partial charge >= 0.3 is 0 Å². The van der Waals surface area contributed by atoms with Gasteiger partial charge in [0.25, 0.3) is 0 Å². The molecule has 0 saturated heterocycles. The Kier molecular flexibility index (Phi) is 7.36. The number of aliphatic hydroxyl groups is 1. The smallest absolute Gasteiger partial charge is 0.138 e. The number of nitrogens with one attached hydrogen (secondary N) is 1. The first-order chi connectivity index (χ1) is 15.1. The van der Waals surface area contributed by atoms with Crippen molar-refractivity contribution in [1.29, 1.82) is 0 Å². The van der Waals surface area contributed by atoms with Crippen LogP contribution >= 0.6 is 23.2 Å². The van der Waals surface area contributed by atoms with Gasteiger partial charge in [-0.3, -0.25) is 0 Å². The molecule has 2 N–H and O–H groups in total. The van der Waals surface area contributed by atoms with Crippen LogP contribution in [0, 0.1) is 0 Å². The first-order valence-corrected chi connectivity index (χ1v) is 11.1. The second kappa shape index (κ2) is 10.4. The van der Waals surface area contributed by atoms with Crippen LogP contribution in [0.15, 0.2) is 66.7 Å². The topological polar surface area (TPSA) is 50.7 Å². The van der Waals surface area contributed by atoms with E-state index in [9.17, 15) is 5.11 Å². The van der Waals surface area contributed by atoms with E-state index in [1.54, 1.807) is 18.2 Å². The minimum absolute atomic E-state index is 0.150. The van der Waals surface area contributed by atoms with Crippen molar-refractivity contribution in [2.75, 3.05) is 19.7 Å². The van der Waals surface area contributed by atoms with Crippen LogP contribution in [0.25, 0.3) is 0 Å². The summed E-state index contributed by atoms with van der Waals surface area (Å²) in [6, 6.07) is 21.7. The molecule has 2 unspecified atom stereocenters. The van der Waals surface area contributed by atoms with E-state index in [-0.39, 0.29) is 12.5 Å². The molecule has 3 aromatic rings. The lowest BCUT2D eigenvalue weighted by Crippen LogP contribution is -2.32. The zero-order valence-corrected chi connectivity index (χ0v) is 18.6. The maximum atomic E-state index is 10.3. The van der Waals surface area contributed by atoms with Gasteiger partial charge in [-0.25, -0.2) is 0 Å². The van der Waals surface area contributed by atoms with Crippen LogP contribution in [0.5, 0.6) is 11.5 Å². The number of rotatable bonds is 8. The highest BCUT2D eigenvalue weighted by molar-refractivity contribution is 6.35. The predicted octanol–water partition coefficient (Wildman–Crippen LogP) is 5.44. The van der Waals surface area contributed by atoms with E-state index in [0.29, 0.717) is 28.9 Å². The number of benzene rings is 3. The first kappa shape index (κ1) is 22.0. The molecule has 1 aliphatic rings. The lowest BCUT2D eigenvalue weighted by Gasteiger charge is -2.20. The summed E-state index contributed by atoms with van der Waals surface area (Å²) in [4.78, 5) is 0. The molecule has 4 nitrogen and oxygen atoms in total. The van der Waals surface area contributed by atoms with Gasteiger partial charge in [0.15, 0.2) is 0 Å². The number of para-hydroxylation sites is 1. The van der Waals surface area contributed by atoms with E-state index in [0.717, 1.165) is 18.7 Å². The Bertz CT molecular complexity index is 980. The third-order valence-corrected chi connectivity index (χ3v) is 5.95. The Hall–Kier alpha value is -2.24. The Morgan fingerprint density at radius 3 is 2.65 bits per heavy atom. The van der Waals surface area contributed by atoms with Crippen LogP contribution in [0.2, 0.25) is 10.0 Å². The Balaban J connectivity index is 1.32. The summed E-state index contributed by atoms with van der Waals surface area (Å²) >= 11 is 12.0. The Morgan fingerprint density at radius 2 is 1.81 bits per heavy atom. The molecule has 162 valence electrons. The summed E-state index contributed by atoms with van der Waals surface area (Å²) in [7, 11) is 0. The zero-order valence-electron chi connectivity index (χ0n) is 17.1. The van der Waals surface area contributed by atoms with E-state index in [4.69, 9.17) is 32.7 Å². The normalized spacial score (nSPS) is 15.9. The molecule has 3 aromatic carbocycles. The average Bonchev–Trinajstić information content (AvgIpc) is 2.93. The molecule has 0 saturated carbocycles. The minimum Gasteiger partial charge on any atom is -0.489 e. The quantitative estimate of drug-likeness (QED) is 0.442. The molecule has 2 atom stereocenters. The van der Waals surface area contributed by atoms with Gasteiger partial charge in [0.2, 0.25) is 0 Å².